The van der Waals surface area contributed by atoms with E-state index in [1.807, 2.05) is 69.3 Å². The second-order valence-electron chi connectivity index (χ2n) is 9.40. The molecular weight excluding hydrogens is 524 g/mol. The molecule has 0 N–H and O–H groups in total. The molecule has 0 saturated heterocycles. The first-order chi connectivity index (χ1) is 19.3. The molecule has 3 aromatic rings. The molecule has 0 radical (unpaired) electrons. The number of fused-ring (bicyclic) bond motifs is 1. The largest absolute Gasteiger partial charge is 0.496 e. The Morgan fingerprint density at radius 3 is 2.30 bits per heavy atom. The zero-order valence-electron chi connectivity index (χ0n) is 24.4. The number of amides is 1. The Hall–Kier alpha value is -3.85. The Kier molecular flexibility index (Phi) is 9.14. The quantitative estimate of drug-likeness (QED) is 0.374. The summed E-state index contributed by atoms with van der Waals surface area (Å²) in [5.41, 5.74) is 3.46. The number of benzene rings is 2. The smallest absolute Gasteiger partial charge is 0.271 e. The summed E-state index contributed by atoms with van der Waals surface area (Å²) in [5.74, 6) is 1.16. The minimum Gasteiger partial charge on any atom is -0.496 e. The van der Waals surface area contributed by atoms with Gasteiger partial charge in [-0.1, -0.05) is 29.5 Å². The van der Waals surface area contributed by atoms with E-state index in [-0.39, 0.29) is 11.5 Å². The van der Waals surface area contributed by atoms with Gasteiger partial charge >= 0.3 is 0 Å². The standard InChI is InChI=1S/C31H38N4O4S/c1-8-33(9-2)22-17-16-21(25(19-22)39-7)18-26-29(36)35-28(23-14-12-13-15-24(23)38-6)27(20(5)32-31(35)40-26)30(37)34(10-3)11-4/h12-19,28H,8-11H2,1-7H3/b26-18+/t28-/m1/s1. The number of rotatable bonds is 10. The molecule has 2 heterocycles. The number of ether oxygens (including phenoxy) is 2. The van der Waals surface area contributed by atoms with Crippen LogP contribution in [0.25, 0.3) is 6.08 Å². The van der Waals surface area contributed by atoms with Gasteiger partial charge < -0.3 is 19.3 Å². The summed E-state index contributed by atoms with van der Waals surface area (Å²) in [5, 5.41) is 0. The summed E-state index contributed by atoms with van der Waals surface area (Å²) in [6.45, 7) is 12.8. The van der Waals surface area contributed by atoms with E-state index in [1.165, 1.54) is 11.3 Å². The summed E-state index contributed by atoms with van der Waals surface area (Å²) in [7, 11) is 3.23. The number of nitrogens with zero attached hydrogens (tertiary/aromatic N) is 4. The molecule has 4 rings (SSSR count). The van der Waals surface area contributed by atoms with Crippen LogP contribution in [0.4, 0.5) is 5.69 Å². The molecule has 0 fully saturated rings. The van der Waals surface area contributed by atoms with Gasteiger partial charge in [0.1, 0.15) is 17.5 Å². The van der Waals surface area contributed by atoms with Gasteiger partial charge in [0.15, 0.2) is 4.80 Å². The molecule has 0 aliphatic carbocycles. The second-order valence-corrected chi connectivity index (χ2v) is 10.4. The molecule has 40 heavy (non-hydrogen) atoms. The Balaban J connectivity index is 1.95. The zero-order chi connectivity index (χ0) is 29.0. The predicted molar refractivity (Wildman–Crippen MR) is 161 cm³/mol. The van der Waals surface area contributed by atoms with E-state index in [0.717, 1.165) is 29.9 Å². The maximum atomic E-state index is 14.1. The minimum atomic E-state index is -0.672. The summed E-state index contributed by atoms with van der Waals surface area (Å²) in [4.78, 5) is 37.2. The van der Waals surface area contributed by atoms with E-state index in [4.69, 9.17) is 14.5 Å². The van der Waals surface area contributed by atoms with E-state index in [9.17, 15) is 9.59 Å². The van der Waals surface area contributed by atoms with Crippen molar-refractivity contribution in [3.05, 3.63) is 84.5 Å². The normalized spacial score (nSPS) is 15.0. The molecule has 2 aromatic carbocycles. The molecule has 9 heteroatoms. The molecule has 0 unspecified atom stereocenters. The molecule has 1 aromatic heterocycles. The Morgan fingerprint density at radius 1 is 1.00 bits per heavy atom. The Bertz CT molecular complexity index is 1600. The lowest BCUT2D eigenvalue weighted by atomic mass is 9.94. The third kappa shape index (κ3) is 5.30. The van der Waals surface area contributed by atoms with Gasteiger partial charge in [-0.3, -0.25) is 14.2 Å². The number of carbonyl (C=O) groups excluding carboxylic acids is 1. The van der Waals surface area contributed by atoms with Crippen molar-refractivity contribution in [3.8, 4) is 11.5 Å². The minimum absolute atomic E-state index is 0.134. The first-order valence-corrected chi connectivity index (χ1v) is 14.5. The lowest BCUT2D eigenvalue weighted by Gasteiger charge is -2.29. The van der Waals surface area contributed by atoms with Gasteiger partial charge in [-0.15, -0.1) is 0 Å². The van der Waals surface area contributed by atoms with Crippen LogP contribution in [0.2, 0.25) is 0 Å². The summed E-state index contributed by atoms with van der Waals surface area (Å²) in [6.07, 6.45) is 1.85. The van der Waals surface area contributed by atoms with Gasteiger partial charge in [0.05, 0.1) is 30.0 Å². The first-order valence-electron chi connectivity index (χ1n) is 13.7. The molecule has 212 valence electrons. The fourth-order valence-electron chi connectivity index (χ4n) is 5.21. The number of methoxy groups -OCH3 is 2. The van der Waals surface area contributed by atoms with Crippen molar-refractivity contribution in [1.82, 2.24) is 9.47 Å². The fourth-order valence-corrected chi connectivity index (χ4v) is 6.25. The monoisotopic (exact) mass is 562 g/mol. The second kappa shape index (κ2) is 12.6. The van der Waals surface area contributed by atoms with E-state index >= 15 is 0 Å². The summed E-state index contributed by atoms with van der Waals surface area (Å²) < 4.78 is 13.6. The number of aromatic nitrogens is 1. The number of hydrogen-bond donors (Lipinski definition) is 0. The molecule has 0 saturated carbocycles. The van der Waals surface area contributed by atoms with Crippen LogP contribution in [0, 0.1) is 0 Å². The molecule has 1 amide bonds. The number of hydrogen-bond acceptors (Lipinski definition) is 7. The number of likely N-dealkylation sites (N-methyl/N-ethyl adjacent to an activating group) is 1. The van der Waals surface area contributed by atoms with Crippen molar-refractivity contribution in [3.63, 3.8) is 0 Å². The van der Waals surface area contributed by atoms with Crippen LogP contribution in [-0.4, -0.2) is 55.8 Å². The van der Waals surface area contributed by atoms with Crippen LogP contribution < -0.4 is 29.3 Å². The molecule has 1 aliphatic heterocycles. The summed E-state index contributed by atoms with van der Waals surface area (Å²) in [6, 6.07) is 12.9. The fraction of sp³-hybridized carbons (Fsp3) is 0.387. The average molecular weight is 563 g/mol. The van der Waals surface area contributed by atoms with Crippen molar-refractivity contribution in [2.24, 2.45) is 4.99 Å². The van der Waals surface area contributed by atoms with E-state index in [1.54, 1.807) is 23.7 Å². The number of carbonyl (C=O) groups is 1. The van der Waals surface area contributed by atoms with Crippen LogP contribution in [0.3, 0.4) is 0 Å². The maximum Gasteiger partial charge on any atom is 0.271 e. The third-order valence-electron chi connectivity index (χ3n) is 7.37. The Morgan fingerprint density at radius 2 is 1.68 bits per heavy atom. The number of allylic oxidation sites excluding steroid dienone is 1. The van der Waals surface area contributed by atoms with Crippen LogP contribution >= 0.6 is 11.3 Å². The van der Waals surface area contributed by atoms with E-state index in [0.29, 0.717) is 45.2 Å². The highest BCUT2D eigenvalue weighted by atomic mass is 32.1. The van der Waals surface area contributed by atoms with Gasteiger partial charge in [0.2, 0.25) is 0 Å². The molecular formula is C31H38N4O4S. The van der Waals surface area contributed by atoms with Crippen LogP contribution in [0.15, 0.2) is 63.5 Å². The van der Waals surface area contributed by atoms with Crippen LogP contribution in [-0.2, 0) is 4.79 Å². The van der Waals surface area contributed by atoms with Gasteiger partial charge in [-0.05, 0) is 58.9 Å². The molecule has 0 spiro atoms. The maximum absolute atomic E-state index is 14.1. The molecule has 8 nitrogen and oxygen atoms in total. The molecule has 0 bridgehead atoms. The SMILES string of the molecule is CCN(CC)C(=O)C1=C(C)N=c2s/c(=C/c3ccc(N(CC)CC)cc3OC)c(=O)n2[C@@H]1c1ccccc1OC. The van der Waals surface area contributed by atoms with Gasteiger partial charge in [0, 0.05) is 49.1 Å². The third-order valence-corrected chi connectivity index (χ3v) is 8.35. The topological polar surface area (TPSA) is 76.4 Å². The number of para-hydroxylation sites is 1. The highest BCUT2D eigenvalue weighted by molar-refractivity contribution is 7.07. The van der Waals surface area contributed by atoms with E-state index < -0.39 is 6.04 Å². The van der Waals surface area contributed by atoms with Crippen molar-refractivity contribution < 1.29 is 14.3 Å². The number of thiazole rings is 1. The average Bonchev–Trinajstić information content (AvgIpc) is 3.27. The van der Waals surface area contributed by atoms with E-state index in [2.05, 4.69) is 18.7 Å². The lowest BCUT2D eigenvalue weighted by molar-refractivity contribution is -0.127. The van der Waals surface area contributed by atoms with Gasteiger partial charge in [-0.2, -0.15) is 0 Å². The highest BCUT2D eigenvalue weighted by Crippen LogP contribution is 2.36. The molecule has 1 atom stereocenters. The zero-order valence-corrected chi connectivity index (χ0v) is 25.2. The highest BCUT2D eigenvalue weighted by Gasteiger charge is 2.35. The Labute approximate surface area is 239 Å². The first kappa shape index (κ1) is 29.1. The van der Waals surface area contributed by atoms with Crippen LogP contribution in [0.1, 0.15) is 51.8 Å². The number of anilines is 1. The van der Waals surface area contributed by atoms with Gasteiger partial charge in [-0.25, -0.2) is 4.99 Å². The summed E-state index contributed by atoms with van der Waals surface area (Å²) >= 11 is 1.31. The predicted octanol–water partition coefficient (Wildman–Crippen LogP) is 3.97. The van der Waals surface area contributed by atoms with Crippen LogP contribution in [0.5, 0.6) is 11.5 Å². The van der Waals surface area contributed by atoms with Crippen molar-refractivity contribution >= 4 is 29.0 Å². The molecule has 1 aliphatic rings. The van der Waals surface area contributed by atoms with Crippen molar-refractivity contribution in [1.29, 1.82) is 0 Å². The van der Waals surface area contributed by atoms with Gasteiger partial charge in [0.25, 0.3) is 11.5 Å². The lowest BCUT2D eigenvalue weighted by Crippen LogP contribution is -2.43. The van der Waals surface area contributed by atoms with Crippen molar-refractivity contribution in [2.45, 2.75) is 40.7 Å². The van der Waals surface area contributed by atoms with Crippen molar-refractivity contribution in [2.75, 3.05) is 45.3 Å².